The van der Waals surface area contributed by atoms with Gasteiger partial charge in [0, 0.05) is 0 Å². The molecular formula is C17H14N2O4S. The highest BCUT2D eigenvalue weighted by molar-refractivity contribution is 7.13. The molecule has 0 aliphatic carbocycles. The van der Waals surface area contributed by atoms with E-state index in [0.717, 1.165) is 10.4 Å². The average Bonchev–Trinajstić information content (AvgIpc) is 3.30. The highest BCUT2D eigenvalue weighted by Gasteiger charge is 2.07. The number of thiophene rings is 1. The van der Waals surface area contributed by atoms with Crippen molar-refractivity contribution in [3.05, 3.63) is 64.9 Å². The Kier molecular flexibility index (Phi) is 5.02. The van der Waals surface area contributed by atoms with E-state index in [0.29, 0.717) is 17.1 Å². The molecule has 0 unspecified atom stereocenters. The molecule has 3 rings (SSSR count). The molecule has 0 fully saturated rings. The summed E-state index contributed by atoms with van der Waals surface area (Å²) in [7, 11) is 1.35. The molecule has 0 aliphatic rings. The zero-order valence-electron chi connectivity index (χ0n) is 12.8. The Morgan fingerprint density at radius 2 is 2.17 bits per heavy atom. The Morgan fingerprint density at radius 1 is 1.33 bits per heavy atom. The summed E-state index contributed by atoms with van der Waals surface area (Å²) >= 11 is 1.56. The number of methoxy groups -OCH3 is 1. The predicted octanol–water partition coefficient (Wildman–Crippen LogP) is 3.74. The molecule has 0 amide bonds. The van der Waals surface area contributed by atoms with E-state index in [4.69, 9.17) is 9.25 Å². The van der Waals surface area contributed by atoms with Gasteiger partial charge in [-0.3, -0.25) is 0 Å². The van der Waals surface area contributed by atoms with E-state index in [9.17, 15) is 4.79 Å². The van der Waals surface area contributed by atoms with Crippen LogP contribution in [0.5, 0.6) is 0 Å². The van der Waals surface area contributed by atoms with Crippen molar-refractivity contribution >= 4 is 23.5 Å². The van der Waals surface area contributed by atoms with Crippen LogP contribution in [0.15, 0.2) is 57.6 Å². The van der Waals surface area contributed by atoms with Crippen LogP contribution in [0.25, 0.3) is 10.8 Å². The third-order valence-electron chi connectivity index (χ3n) is 3.10. The topological polar surface area (TPSA) is 73.9 Å². The molecule has 0 radical (unpaired) electrons. The Balaban J connectivity index is 1.52. The number of rotatable bonds is 6. The number of ether oxygens (including phenoxy) is 1. The van der Waals surface area contributed by atoms with Gasteiger partial charge < -0.3 is 14.0 Å². The summed E-state index contributed by atoms with van der Waals surface area (Å²) in [6.45, 7) is 0.214. The minimum Gasteiger partial charge on any atom is -0.465 e. The van der Waals surface area contributed by atoms with Crippen molar-refractivity contribution in [3.8, 4) is 10.8 Å². The van der Waals surface area contributed by atoms with E-state index in [-0.39, 0.29) is 12.6 Å². The minimum atomic E-state index is -0.373. The van der Waals surface area contributed by atoms with E-state index >= 15 is 0 Å². The number of oxime groups is 1. The van der Waals surface area contributed by atoms with Crippen molar-refractivity contribution in [1.29, 1.82) is 0 Å². The van der Waals surface area contributed by atoms with Crippen LogP contribution in [0.2, 0.25) is 0 Å². The van der Waals surface area contributed by atoms with Crippen LogP contribution in [0, 0.1) is 0 Å². The molecule has 0 aliphatic heterocycles. The van der Waals surface area contributed by atoms with Crippen LogP contribution in [0.1, 0.15) is 21.6 Å². The standard InChI is InChI=1S/C17H14N2O4S/c1-21-17(20)13-6-4-12(5-7-13)9-18-23-11-14-10-22-16(19-14)15-3-2-8-24-15/h2-10H,11H2,1H3/b18-9+. The zero-order valence-corrected chi connectivity index (χ0v) is 13.7. The lowest BCUT2D eigenvalue weighted by Crippen LogP contribution is -2.00. The third kappa shape index (κ3) is 3.88. The summed E-state index contributed by atoms with van der Waals surface area (Å²) in [6, 6.07) is 10.7. The molecule has 1 aromatic carbocycles. The summed E-state index contributed by atoms with van der Waals surface area (Å²) in [4.78, 5) is 21.8. The SMILES string of the molecule is COC(=O)c1ccc(/C=N/OCc2coc(-c3cccs3)n2)cc1. The number of hydrogen-bond acceptors (Lipinski definition) is 7. The van der Waals surface area contributed by atoms with E-state index in [1.54, 1.807) is 48.1 Å². The lowest BCUT2D eigenvalue weighted by atomic mass is 10.1. The van der Waals surface area contributed by atoms with Gasteiger partial charge in [-0.15, -0.1) is 11.3 Å². The van der Waals surface area contributed by atoms with Crippen molar-refractivity contribution in [3.63, 3.8) is 0 Å². The van der Waals surface area contributed by atoms with Crippen LogP contribution in [0.4, 0.5) is 0 Å². The van der Waals surface area contributed by atoms with Gasteiger partial charge in [0.15, 0.2) is 6.61 Å². The molecule has 0 saturated heterocycles. The first kappa shape index (κ1) is 15.9. The first-order valence-corrected chi connectivity index (χ1v) is 7.96. The fraction of sp³-hybridized carbons (Fsp3) is 0.118. The van der Waals surface area contributed by atoms with E-state index in [2.05, 4.69) is 14.9 Å². The largest absolute Gasteiger partial charge is 0.465 e. The molecule has 0 atom stereocenters. The fourth-order valence-electron chi connectivity index (χ4n) is 1.91. The molecule has 0 N–H and O–H groups in total. The number of benzene rings is 1. The number of nitrogens with zero attached hydrogens (tertiary/aromatic N) is 2. The average molecular weight is 342 g/mol. The van der Waals surface area contributed by atoms with Gasteiger partial charge >= 0.3 is 5.97 Å². The van der Waals surface area contributed by atoms with Crippen LogP contribution < -0.4 is 0 Å². The van der Waals surface area contributed by atoms with E-state index in [1.165, 1.54) is 7.11 Å². The fourth-order valence-corrected chi connectivity index (χ4v) is 2.57. The monoisotopic (exact) mass is 342 g/mol. The first-order chi connectivity index (χ1) is 11.8. The van der Waals surface area contributed by atoms with Crippen LogP contribution >= 0.6 is 11.3 Å². The van der Waals surface area contributed by atoms with Gasteiger partial charge in [0.25, 0.3) is 0 Å². The molecule has 122 valence electrons. The van der Waals surface area contributed by atoms with Crippen LogP contribution in [-0.4, -0.2) is 24.3 Å². The Labute approximate surface area is 142 Å². The number of oxazole rings is 1. The second-order valence-corrected chi connectivity index (χ2v) is 5.69. The first-order valence-electron chi connectivity index (χ1n) is 7.08. The number of aromatic nitrogens is 1. The number of esters is 1. The molecule has 6 nitrogen and oxygen atoms in total. The molecule has 0 spiro atoms. The van der Waals surface area contributed by atoms with Crippen molar-refractivity contribution in [2.45, 2.75) is 6.61 Å². The maximum Gasteiger partial charge on any atom is 0.337 e. The Hall–Kier alpha value is -2.93. The summed E-state index contributed by atoms with van der Waals surface area (Å²) in [5, 5.41) is 5.85. The molecule has 0 saturated carbocycles. The normalized spacial score (nSPS) is 10.9. The third-order valence-corrected chi connectivity index (χ3v) is 3.96. The lowest BCUT2D eigenvalue weighted by Gasteiger charge is -1.99. The van der Waals surface area contributed by atoms with E-state index < -0.39 is 0 Å². The van der Waals surface area contributed by atoms with Crippen LogP contribution in [-0.2, 0) is 16.2 Å². The zero-order chi connectivity index (χ0) is 16.8. The number of hydrogen-bond donors (Lipinski definition) is 0. The van der Waals surface area contributed by atoms with Gasteiger partial charge in [-0.25, -0.2) is 9.78 Å². The van der Waals surface area contributed by atoms with Crippen molar-refractivity contribution < 1.29 is 18.8 Å². The molecular weight excluding hydrogens is 328 g/mol. The summed E-state index contributed by atoms with van der Waals surface area (Å²) in [6.07, 6.45) is 3.11. The van der Waals surface area contributed by atoms with Gasteiger partial charge in [-0.2, -0.15) is 0 Å². The Morgan fingerprint density at radius 3 is 2.88 bits per heavy atom. The summed E-state index contributed by atoms with van der Waals surface area (Å²) in [5.74, 6) is 0.202. The second-order valence-electron chi connectivity index (χ2n) is 4.74. The summed E-state index contributed by atoms with van der Waals surface area (Å²) < 4.78 is 10.0. The smallest absolute Gasteiger partial charge is 0.337 e. The molecule has 24 heavy (non-hydrogen) atoms. The van der Waals surface area contributed by atoms with Gasteiger partial charge in [-0.1, -0.05) is 23.4 Å². The maximum absolute atomic E-state index is 11.3. The second kappa shape index (κ2) is 7.56. The predicted molar refractivity (Wildman–Crippen MR) is 90.0 cm³/mol. The maximum atomic E-state index is 11.3. The highest BCUT2D eigenvalue weighted by atomic mass is 32.1. The van der Waals surface area contributed by atoms with Crippen molar-refractivity contribution in [2.24, 2.45) is 5.16 Å². The molecule has 0 bridgehead atoms. The van der Waals surface area contributed by atoms with E-state index in [1.807, 2.05) is 17.5 Å². The molecule has 2 heterocycles. The summed E-state index contributed by atoms with van der Waals surface area (Å²) in [5.41, 5.74) is 1.96. The minimum absolute atomic E-state index is 0.214. The Bertz CT molecular complexity index is 823. The lowest BCUT2D eigenvalue weighted by molar-refractivity contribution is 0.0600. The van der Waals surface area contributed by atoms with Gasteiger partial charge in [-0.05, 0) is 29.1 Å². The molecule has 3 aromatic rings. The number of carbonyl (C=O) groups excluding carboxylic acids is 1. The molecule has 2 aromatic heterocycles. The number of carbonyl (C=O) groups is 1. The molecule has 7 heteroatoms. The van der Waals surface area contributed by atoms with Gasteiger partial charge in [0.2, 0.25) is 5.89 Å². The van der Waals surface area contributed by atoms with Crippen molar-refractivity contribution in [2.75, 3.05) is 7.11 Å². The quantitative estimate of drug-likeness (QED) is 0.387. The van der Waals surface area contributed by atoms with Gasteiger partial charge in [0.05, 0.1) is 23.8 Å². The van der Waals surface area contributed by atoms with Crippen LogP contribution in [0.3, 0.4) is 0 Å². The highest BCUT2D eigenvalue weighted by Crippen LogP contribution is 2.23. The van der Waals surface area contributed by atoms with Crippen molar-refractivity contribution in [1.82, 2.24) is 4.98 Å². The van der Waals surface area contributed by atoms with Gasteiger partial charge in [0.1, 0.15) is 12.0 Å².